The monoisotopic (exact) mass is 379 g/mol. The molecule has 2 aromatic rings. The van der Waals surface area contributed by atoms with E-state index in [1.807, 2.05) is 4.90 Å². The summed E-state index contributed by atoms with van der Waals surface area (Å²) in [5, 5.41) is 3.62. The van der Waals surface area contributed by atoms with Crippen LogP contribution in [0.3, 0.4) is 0 Å². The lowest BCUT2D eigenvalue weighted by molar-refractivity contribution is -0.130. The van der Waals surface area contributed by atoms with Crippen molar-refractivity contribution in [2.45, 2.75) is 43.5 Å². The zero-order valence-corrected chi connectivity index (χ0v) is 15.4. The van der Waals surface area contributed by atoms with E-state index in [9.17, 15) is 13.2 Å². The SMILES string of the molecule is Cc1oc(-c2ccno2)cc1S(=O)(=O)N1CCCC(N2CCCC2=O)C1. The highest BCUT2D eigenvalue weighted by Crippen LogP contribution is 2.32. The largest absolute Gasteiger partial charge is 0.457 e. The van der Waals surface area contributed by atoms with Gasteiger partial charge in [-0.2, -0.15) is 4.31 Å². The number of nitrogens with zero attached hydrogens (tertiary/aromatic N) is 3. The van der Waals surface area contributed by atoms with Crippen LogP contribution in [-0.2, 0) is 14.8 Å². The third kappa shape index (κ3) is 2.95. The van der Waals surface area contributed by atoms with Crippen molar-refractivity contribution in [2.24, 2.45) is 0 Å². The van der Waals surface area contributed by atoms with Gasteiger partial charge in [0, 0.05) is 44.2 Å². The number of carbonyl (C=O) groups excluding carboxylic acids is 1. The van der Waals surface area contributed by atoms with Crippen LogP contribution in [-0.4, -0.2) is 54.4 Å². The fourth-order valence-corrected chi connectivity index (χ4v) is 5.45. The Bertz CT molecular complexity index is 903. The maximum Gasteiger partial charge on any atom is 0.246 e. The van der Waals surface area contributed by atoms with Crippen LogP contribution in [0.15, 0.2) is 32.2 Å². The summed E-state index contributed by atoms with van der Waals surface area (Å²) in [6.45, 7) is 3.12. The molecule has 1 unspecified atom stereocenters. The first-order chi connectivity index (χ1) is 12.5. The summed E-state index contributed by atoms with van der Waals surface area (Å²) in [6.07, 6.45) is 4.46. The van der Waals surface area contributed by atoms with Gasteiger partial charge in [-0.05, 0) is 26.2 Å². The quantitative estimate of drug-likeness (QED) is 0.806. The van der Waals surface area contributed by atoms with Crippen molar-refractivity contribution in [3.05, 3.63) is 24.1 Å². The zero-order valence-electron chi connectivity index (χ0n) is 14.6. The number of hydrogen-bond acceptors (Lipinski definition) is 6. The lowest BCUT2D eigenvalue weighted by Crippen LogP contribution is -2.50. The molecule has 1 atom stereocenters. The van der Waals surface area contributed by atoms with Gasteiger partial charge in [0.05, 0.1) is 6.20 Å². The average molecular weight is 379 g/mol. The van der Waals surface area contributed by atoms with E-state index in [1.54, 1.807) is 13.0 Å². The minimum absolute atomic E-state index is 0.0468. The van der Waals surface area contributed by atoms with Crippen LogP contribution in [0, 0.1) is 6.92 Å². The molecule has 0 bridgehead atoms. The molecular weight excluding hydrogens is 358 g/mol. The molecule has 0 saturated carbocycles. The number of hydrogen-bond donors (Lipinski definition) is 0. The Balaban J connectivity index is 1.59. The summed E-state index contributed by atoms with van der Waals surface area (Å²) in [4.78, 5) is 14.0. The van der Waals surface area contributed by atoms with E-state index in [4.69, 9.17) is 8.94 Å². The van der Waals surface area contributed by atoms with Crippen molar-refractivity contribution < 1.29 is 22.2 Å². The van der Waals surface area contributed by atoms with Crippen molar-refractivity contribution in [3.8, 4) is 11.5 Å². The third-order valence-electron chi connectivity index (χ3n) is 5.08. The summed E-state index contributed by atoms with van der Waals surface area (Å²) in [7, 11) is -3.70. The van der Waals surface area contributed by atoms with Gasteiger partial charge < -0.3 is 13.8 Å². The second-order valence-electron chi connectivity index (χ2n) is 6.76. The molecule has 2 aliphatic heterocycles. The van der Waals surface area contributed by atoms with E-state index in [0.717, 1.165) is 25.8 Å². The van der Waals surface area contributed by atoms with Gasteiger partial charge in [-0.1, -0.05) is 5.16 Å². The van der Waals surface area contributed by atoms with E-state index in [2.05, 4.69) is 5.16 Å². The summed E-state index contributed by atoms with van der Waals surface area (Å²) in [5.41, 5.74) is 0. The predicted octanol–water partition coefficient (Wildman–Crippen LogP) is 2.02. The molecule has 0 aliphatic carbocycles. The van der Waals surface area contributed by atoms with Gasteiger partial charge in [0.2, 0.25) is 21.7 Å². The third-order valence-corrected chi connectivity index (χ3v) is 7.05. The minimum Gasteiger partial charge on any atom is -0.457 e. The molecule has 1 amide bonds. The van der Waals surface area contributed by atoms with E-state index >= 15 is 0 Å². The fourth-order valence-electron chi connectivity index (χ4n) is 3.77. The first kappa shape index (κ1) is 17.3. The van der Waals surface area contributed by atoms with Gasteiger partial charge >= 0.3 is 0 Å². The van der Waals surface area contributed by atoms with Gasteiger partial charge in [-0.3, -0.25) is 4.79 Å². The fraction of sp³-hybridized carbons (Fsp3) is 0.529. The second kappa shape index (κ2) is 6.55. The van der Waals surface area contributed by atoms with Crippen LogP contribution in [0.1, 0.15) is 31.4 Å². The average Bonchev–Trinajstić information content (AvgIpc) is 3.35. The Morgan fingerprint density at radius 3 is 2.77 bits per heavy atom. The number of likely N-dealkylation sites (tertiary alicyclic amines) is 1. The second-order valence-corrected chi connectivity index (χ2v) is 8.66. The molecule has 0 aromatic carbocycles. The molecule has 0 spiro atoms. The molecule has 2 aliphatic rings. The van der Waals surface area contributed by atoms with Gasteiger partial charge in [0.1, 0.15) is 10.7 Å². The minimum atomic E-state index is -3.70. The first-order valence-electron chi connectivity index (χ1n) is 8.78. The number of piperidine rings is 1. The number of aromatic nitrogens is 1. The summed E-state index contributed by atoms with van der Waals surface area (Å²) in [5.74, 6) is 1.16. The number of amides is 1. The van der Waals surface area contributed by atoms with Crippen LogP contribution >= 0.6 is 0 Å². The number of carbonyl (C=O) groups is 1. The summed E-state index contributed by atoms with van der Waals surface area (Å²) >= 11 is 0. The number of rotatable bonds is 4. The van der Waals surface area contributed by atoms with Gasteiger partial charge in [0.25, 0.3) is 0 Å². The molecule has 140 valence electrons. The summed E-state index contributed by atoms with van der Waals surface area (Å²) in [6, 6.07) is 3.05. The van der Waals surface area contributed by atoms with Crippen molar-refractivity contribution >= 4 is 15.9 Å². The van der Waals surface area contributed by atoms with E-state index in [0.29, 0.717) is 36.8 Å². The van der Waals surface area contributed by atoms with Gasteiger partial charge in [-0.15, -0.1) is 0 Å². The van der Waals surface area contributed by atoms with Crippen molar-refractivity contribution in [3.63, 3.8) is 0 Å². The first-order valence-corrected chi connectivity index (χ1v) is 10.2. The van der Waals surface area contributed by atoms with Crippen LogP contribution in [0.5, 0.6) is 0 Å². The molecule has 2 saturated heterocycles. The van der Waals surface area contributed by atoms with Crippen LogP contribution in [0.25, 0.3) is 11.5 Å². The van der Waals surface area contributed by atoms with Crippen LogP contribution < -0.4 is 0 Å². The molecule has 8 nitrogen and oxygen atoms in total. The molecule has 2 aromatic heterocycles. The normalized spacial score (nSPS) is 22.3. The van der Waals surface area contributed by atoms with Gasteiger partial charge in [-0.25, -0.2) is 8.42 Å². The lowest BCUT2D eigenvalue weighted by Gasteiger charge is -2.36. The number of sulfonamides is 1. The topological polar surface area (TPSA) is 96.9 Å². The summed E-state index contributed by atoms with van der Waals surface area (Å²) < 4.78 is 38.4. The molecule has 9 heteroatoms. The van der Waals surface area contributed by atoms with Gasteiger partial charge in [0.15, 0.2) is 5.76 Å². The molecule has 26 heavy (non-hydrogen) atoms. The molecular formula is C17H21N3O5S. The standard InChI is InChI=1S/C17H21N3O5S/c1-12-16(10-15(24-12)14-6-7-18-25-14)26(22,23)19-8-2-4-13(11-19)20-9-3-5-17(20)21/h6-7,10,13H,2-5,8-9,11H2,1H3. The zero-order chi connectivity index (χ0) is 18.3. The number of aryl methyl sites for hydroxylation is 1. The van der Waals surface area contributed by atoms with E-state index in [-0.39, 0.29) is 16.8 Å². The Kier molecular flexibility index (Phi) is 4.36. The maximum atomic E-state index is 13.1. The number of furan rings is 1. The Labute approximate surface area is 151 Å². The lowest BCUT2D eigenvalue weighted by atomic mass is 10.1. The molecule has 4 heterocycles. The highest BCUT2D eigenvalue weighted by molar-refractivity contribution is 7.89. The van der Waals surface area contributed by atoms with Crippen molar-refractivity contribution in [1.29, 1.82) is 0 Å². The maximum absolute atomic E-state index is 13.1. The van der Waals surface area contributed by atoms with E-state index in [1.165, 1.54) is 16.6 Å². The molecule has 4 rings (SSSR count). The Hall–Kier alpha value is -2.13. The Morgan fingerprint density at radius 2 is 2.08 bits per heavy atom. The van der Waals surface area contributed by atoms with Crippen LogP contribution in [0.2, 0.25) is 0 Å². The smallest absolute Gasteiger partial charge is 0.246 e. The predicted molar refractivity (Wildman–Crippen MR) is 91.7 cm³/mol. The highest BCUT2D eigenvalue weighted by Gasteiger charge is 2.37. The Morgan fingerprint density at radius 1 is 1.23 bits per heavy atom. The molecule has 0 N–H and O–H groups in total. The molecule has 0 radical (unpaired) electrons. The van der Waals surface area contributed by atoms with Crippen molar-refractivity contribution in [1.82, 2.24) is 14.4 Å². The highest BCUT2D eigenvalue weighted by atomic mass is 32.2. The molecule has 2 fully saturated rings. The van der Waals surface area contributed by atoms with Crippen LogP contribution in [0.4, 0.5) is 0 Å². The van der Waals surface area contributed by atoms with E-state index < -0.39 is 10.0 Å². The van der Waals surface area contributed by atoms with Crippen molar-refractivity contribution in [2.75, 3.05) is 19.6 Å².